The van der Waals surface area contributed by atoms with Gasteiger partial charge in [-0.1, -0.05) is 6.07 Å². The Hall–Kier alpha value is -2.14. The zero-order valence-corrected chi connectivity index (χ0v) is 13.0. The molecule has 3 rings (SSSR count). The number of aromatic amines is 1. The van der Waals surface area contributed by atoms with Gasteiger partial charge in [0.25, 0.3) is 5.91 Å². The van der Waals surface area contributed by atoms with Crippen LogP contribution in [-0.2, 0) is 0 Å². The second-order valence-corrected chi connectivity index (χ2v) is 6.47. The van der Waals surface area contributed by atoms with Gasteiger partial charge in [-0.2, -0.15) is 0 Å². The molecule has 0 saturated heterocycles. The molecule has 0 spiro atoms. The molecule has 0 bridgehead atoms. The lowest BCUT2D eigenvalue weighted by atomic mass is 10.1. The number of aryl methyl sites for hydroxylation is 2. The molecule has 108 valence electrons. The van der Waals surface area contributed by atoms with Gasteiger partial charge in [0, 0.05) is 11.2 Å². The molecule has 3 aromatic rings. The number of carbonyl (C=O) groups is 1. The molecule has 2 N–H and O–H groups in total. The molecule has 4 nitrogen and oxygen atoms in total. The van der Waals surface area contributed by atoms with E-state index in [-0.39, 0.29) is 11.9 Å². The molecule has 0 aliphatic rings. The summed E-state index contributed by atoms with van der Waals surface area (Å²) in [5, 5.41) is 5.09. The third kappa shape index (κ3) is 2.83. The van der Waals surface area contributed by atoms with E-state index in [0.717, 1.165) is 21.8 Å². The van der Waals surface area contributed by atoms with Gasteiger partial charge < -0.3 is 10.3 Å². The number of carbonyl (C=O) groups excluding carboxylic acids is 1. The molecule has 1 aromatic carbocycles. The lowest BCUT2D eigenvalue weighted by Crippen LogP contribution is -2.25. The van der Waals surface area contributed by atoms with Gasteiger partial charge in [-0.3, -0.25) is 4.79 Å². The van der Waals surface area contributed by atoms with E-state index in [2.05, 4.69) is 33.5 Å². The van der Waals surface area contributed by atoms with Gasteiger partial charge in [-0.05, 0) is 49.9 Å². The summed E-state index contributed by atoms with van der Waals surface area (Å²) < 4.78 is 0. The lowest BCUT2D eigenvalue weighted by Gasteiger charge is -2.13. The van der Waals surface area contributed by atoms with Crippen molar-refractivity contribution in [3.8, 4) is 0 Å². The Morgan fingerprint density at radius 3 is 2.86 bits per heavy atom. The number of fused-ring (bicyclic) bond motifs is 1. The van der Waals surface area contributed by atoms with E-state index in [9.17, 15) is 4.79 Å². The molecule has 2 heterocycles. The molecule has 0 saturated carbocycles. The number of H-pyrrole nitrogens is 1. The minimum Gasteiger partial charge on any atom is -0.359 e. The van der Waals surface area contributed by atoms with E-state index in [1.165, 1.54) is 16.7 Å². The van der Waals surface area contributed by atoms with Gasteiger partial charge in [-0.15, -0.1) is 11.3 Å². The molecule has 0 aliphatic heterocycles. The summed E-state index contributed by atoms with van der Waals surface area (Å²) in [6, 6.07) is 8.28. The van der Waals surface area contributed by atoms with Crippen molar-refractivity contribution in [2.75, 3.05) is 0 Å². The normalized spacial score (nSPS) is 12.5. The van der Waals surface area contributed by atoms with Crippen molar-refractivity contribution in [3.63, 3.8) is 0 Å². The molecule has 5 heteroatoms. The highest BCUT2D eigenvalue weighted by atomic mass is 32.1. The van der Waals surface area contributed by atoms with Crippen molar-refractivity contribution in [2.45, 2.75) is 26.8 Å². The molecule has 2 aromatic heterocycles. The highest BCUT2D eigenvalue weighted by molar-refractivity contribution is 7.13. The maximum atomic E-state index is 12.2. The molecule has 1 unspecified atom stereocenters. The number of thiazole rings is 1. The third-order valence-electron chi connectivity index (χ3n) is 3.47. The number of nitrogens with one attached hydrogen (secondary N) is 2. The molecule has 0 aliphatic carbocycles. The fourth-order valence-electron chi connectivity index (χ4n) is 2.38. The lowest BCUT2D eigenvalue weighted by molar-refractivity contribution is 0.0944. The highest BCUT2D eigenvalue weighted by Crippen LogP contribution is 2.21. The van der Waals surface area contributed by atoms with E-state index in [0.29, 0.717) is 4.88 Å². The van der Waals surface area contributed by atoms with E-state index < -0.39 is 0 Å². The van der Waals surface area contributed by atoms with Crippen molar-refractivity contribution in [2.24, 2.45) is 0 Å². The topological polar surface area (TPSA) is 57.8 Å². The van der Waals surface area contributed by atoms with Crippen LogP contribution < -0.4 is 5.32 Å². The zero-order chi connectivity index (χ0) is 15.0. The van der Waals surface area contributed by atoms with E-state index >= 15 is 0 Å². The largest absolute Gasteiger partial charge is 0.359 e. The summed E-state index contributed by atoms with van der Waals surface area (Å²) in [4.78, 5) is 20.2. The summed E-state index contributed by atoms with van der Waals surface area (Å²) in [6.45, 7) is 5.93. The average Bonchev–Trinajstić information content (AvgIpc) is 3.02. The first-order valence-electron chi connectivity index (χ1n) is 6.85. The van der Waals surface area contributed by atoms with Gasteiger partial charge in [0.15, 0.2) is 0 Å². The van der Waals surface area contributed by atoms with E-state index in [1.54, 1.807) is 6.20 Å². The van der Waals surface area contributed by atoms with E-state index in [4.69, 9.17) is 0 Å². The molecular weight excluding hydrogens is 282 g/mol. The van der Waals surface area contributed by atoms with Crippen LogP contribution in [0.4, 0.5) is 0 Å². The molecule has 1 atom stereocenters. The van der Waals surface area contributed by atoms with E-state index in [1.807, 2.05) is 26.8 Å². The van der Waals surface area contributed by atoms with Gasteiger partial charge >= 0.3 is 0 Å². The summed E-state index contributed by atoms with van der Waals surface area (Å²) in [7, 11) is 0. The maximum Gasteiger partial charge on any atom is 0.263 e. The van der Waals surface area contributed by atoms with Gasteiger partial charge in [0.1, 0.15) is 4.88 Å². The highest BCUT2D eigenvalue weighted by Gasteiger charge is 2.14. The van der Waals surface area contributed by atoms with Crippen molar-refractivity contribution in [3.05, 3.63) is 51.6 Å². The first-order chi connectivity index (χ1) is 10.0. The Bertz CT molecular complexity index is 803. The number of rotatable bonds is 3. The van der Waals surface area contributed by atoms with Gasteiger partial charge in [-0.25, -0.2) is 4.98 Å². The van der Waals surface area contributed by atoms with Crippen molar-refractivity contribution >= 4 is 28.1 Å². The van der Waals surface area contributed by atoms with Crippen LogP contribution in [0.25, 0.3) is 10.9 Å². The van der Waals surface area contributed by atoms with Crippen LogP contribution in [0.3, 0.4) is 0 Å². The van der Waals surface area contributed by atoms with Crippen LogP contribution in [0.15, 0.2) is 30.5 Å². The maximum absolute atomic E-state index is 12.2. The standard InChI is InChI=1S/C16H17N3OS/c1-9-6-13-7-12(4-5-14(13)18-9)10(2)19-16(20)15-8-17-11(3)21-15/h4-8,10,18H,1-3H3,(H,19,20). The Balaban J connectivity index is 1.79. The van der Waals surface area contributed by atoms with Crippen molar-refractivity contribution in [1.29, 1.82) is 0 Å². The Morgan fingerprint density at radius 2 is 2.14 bits per heavy atom. The fourth-order valence-corrected chi connectivity index (χ4v) is 3.06. The monoisotopic (exact) mass is 299 g/mol. The Kier molecular flexibility index (Phi) is 3.51. The number of amides is 1. The summed E-state index contributed by atoms with van der Waals surface area (Å²) >= 11 is 1.41. The first kappa shape index (κ1) is 13.8. The Morgan fingerprint density at radius 1 is 1.33 bits per heavy atom. The number of benzene rings is 1. The molecule has 0 fully saturated rings. The average molecular weight is 299 g/mol. The smallest absolute Gasteiger partial charge is 0.263 e. The molecule has 1 amide bonds. The Labute approximate surface area is 127 Å². The number of aromatic nitrogens is 2. The molecule has 21 heavy (non-hydrogen) atoms. The fraction of sp³-hybridized carbons (Fsp3) is 0.250. The van der Waals surface area contributed by atoms with Crippen molar-refractivity contribution in [1.82, 2.24) is 15.3 Å². The zero-order valence-electron chi connectivity index (χ0n) is 12.2. The van der Waals surface area contributed by atoms with Crippen LogP contribution in [0.2, 0.25) is 0 Å². The first-order valence-corrected chi connectivity index (χ1v) is 7.67. The summed E-state index contributed by atoms with van der Waals surface area (Å²) in [5.41, 5.74) is 3.35. The summed E-state index contributed by atoms with van der Waals surface area (Å²) in [5.74, 6) is -0.0709. The number of hydrogen-bond donors (Lipinski definition) is 2. The summed E-state index contributed by atoms with van der Waals surface area (Å²) in [6.07, 6.45) is 1.63. The minimum absolute atomic E-state index is 0.0421. The van der Waals surface area contributed by atoms with Crippen molar-refractivity contribution < 1.29 is 4.79 Å². The second-order valence-electron chi connectivity index (χ2n) is 5.24. The van der Waals surface area contributed by atoms with Crippen LogP contribution in [0, 0.1) is 13.8 Å². The minimum atomic E-state index is -0.0709. The van der Waals surface area contributed by atoms with Crippen LogP contribution in [0.5, 0.6) is 0 Å². The molecular formula is C16H17N3OS. The predicted molar refractivity (Wildman–Crippen MR) is 85.8 cm³/mol. The van der Waals surface area contributed by atoms with Crippen LogP contribution in [-0.4, -0.2) is 15.9 Å². The number of nitrogens with zero attached hydrogens (tertiary/aromatic N) is 1. The second kappa shape index (κ2) is 5.33. The molecule has 0 radical (unpaired) electrons. The SMILES string of the molecule is Cc1cc2cc(C(C)NC(=O)c3cnc(C)s3)ccc2[nH]1. The third-order valence-corrected chi connectivity index (χ3v) is 4.38. The van der Waals surface area contributed by atoms with Gasteiger partial charge in [0.2, 0.25) is 0 Å². The number of hydrogen-bond acceptors (Lipinski definition) is 3. The predicted octanol–water partition coefficient (Wildman–Crippen LogP) is 3.73. The van der Waals surface area contributed by atoms with Crippen LogP contribution >= 0.6 is 11.3 Å². The van der Waals surface area contributed by atoms with Crippen LogP contribution in [0.1, 0.15) is 38.9 Å². The van der Waals surface area contributed by atoms with Gasteiger partial charge in [0.05, 0.1) is 17.2 Å². The quantitative estimate of drug-likeness (QED) is 0.774.